The summed E-state index contributed by atoms with van der Waals surface area (Å²) in [6.07, 6.45) is 1.98. The average Bonchev–Trinajstić information content (AvgIpc) is 3.07. The van der Waals surface area contributed by atoms with Crippen molar-refractivity contribution in [1.82, 2.24) is 15.2 Å². The van der Waals surface area contributed by atoms with Gasteiger partial charge in [0.25, 0.3) is 0 Å². The smallest absolute Gasteiger partial charge is 0.225 e. The molecule has 0 radical (unpaired) electrons. The maximum atomic E-state index is 12.3. The number of aromatic nitrogens is 1. The Kier molecular flexibility index (Phi) is 4.42. The van der Waals surface area contributed by atoms with E-state index in [0.29, 0.717) is 19.6 Å². The summed E-state index contributed by atoms with van der Waals surface area (Å²) in [5.41, 5.74) is 4.57. The Morgan fingerprint density at radius 2 is 2.25 bits per heavy atom. The number of rotatable bonds is 5. The van der Waals surface area contributed by atoms with Gasteiger partial charge in [0.05, 0.1) is 5.92 Å². The van der Waals surface area contributed by atoms with E-state index in [1.54, 1.807) is 11.0 Å². The highest BCUT2D eigenvalue weighted by atomic mass is 16.2. The number of hydrogen-bond donors (Lipinski definition) is 2. The standard InChI is InChI=1S/C19H23N3O2/c1-4-7-22-11-15(9-18(22)23)19(24)20-10-14-5-6-17-16(8-14)12(2)13(3)21-17/h4-6,8,15,21H,1,7,9-11H2,2-3H3,(H,20,24). The van der Waals surface area contributed by atoms with Crippen LogP contribution >= 0.6 is 0 Å². The molecule has 1 atom stereocenters. The maximum absolute atomic E-state index is 12.3. The quantitative estimate of drug-likeness (QED) is 0.829. The molecule has 1 aliphatic rings. The third-order valence-corrected chi connectivity index (χ3v) is 4.77. The van der Waals surface area contributed by atoms with Crippen molar-refractivity contribution < 1.29 is 9.59 Å². The first kappa shape index (κ1) is 16.3. The van der Waals surface area contributed by atoms with Gasteiger partial charge in [-0.3, -0.25) is 9.59 Å². The molecule has 0 saturated carbocycles. The van der Waals surface area contributed by atoms with Gasteiger partial charge in [0, 0.05) is 42.7 Å². The Balaban J connectivity index is 1.63. The third kappa shape index (κ3) is 3.07. The molecule has 2 N–H and O–H groups in total. The topological polar surface area (TPSA) is 65.2 Å². The summed E-state index contributed by atoms with van der Waals surface area (Å²) in [5.74, 6) is -0.302. The van der Waals surface area contributed by atoms with Crippen molar-refractivity contribution >= 4 is 22.7 Å². The first-order chi connectivity index (χ1) is 11.5. The first-order valence-corrected chi connectivity index (χ1v) is 8.23. The molecule has 5 nitrogen and oxygen atoms in total. The van der Waals surface area contributed by atoms with Crippen molar-refractivity contribution in [3.63, 3.8) is 0 Å². The molecule has 1 aliphatic heterocycles. The van der Waals surface area contributed by atoms with E-state index in [4.69, 9.17) is 0 Å². The van der Waals surface area contributed by atoms with E-state index in [2.05, 4.69) is 36.8 Å². The largest absolute Gasteiger partial charge is 0.358 e. The van der Waals surface area contributed by atoms with Crippen molar-refractivity contribution in [3.8, 4) is 0 Å². The van der Waals surface area contributed by atoms with Gasteiger partial charge in [-0.25, -0.2) is 0 Å². The van der Waals surface area contributed by atoms with Crippen LogP contribution in [-0.2, 0) is 16.1 Å². The van der Waals surface area contributed by atoms with E-state index in [0.717, 1.165) is 16.8 Å². The molecule has 1 saturated heterocycles. The zero-order valence-electron chi connectivity index (χ0n) is 14.2. The molecule has 2 heterocycles. The number of aromatic amines is 1. The van der Waals surface area contributed by atoms with E-state index in [-0.39, 0.29) is 24.2 Å². The number of benzene rings is 1. The minimum atomic E-state index is -0.266. The number of H-pyrrole nitrogens is 1. The van der Waals surface area contributed by atoms with Crippen LogP contribution in [0.4, 0.5) is 0 Å². The van der Waals surface area contributed by atoms with Crippen LogP contribution in [0, 0.1) is 19.8 Å². The van der Waals surface area contributed by atoms with Crippen LogP contribution in [0.15, 0.2) is 30.9 Å². The minimum Gasteiger partial charge on any atom is -0.358 e. The molecule has 2 aromatic rings. The summed E-state index contributed by atoms with van der Waals surface area (Å²) in [7, 11) is 0. The number of carbonyl (C=O) groups is 2. The van der Waals surface area contributed by atoms with Crippen molar-refractivity contribution in [2.24, 2.45) is 5.92 Å². The number of nitrogens with one attached hydrogen (secondary N) is 2. The van der Waals surface area contributed by atoms with Crippen LogP contribution in [-0.4, -0.2) is 34.8 Å². The van der Waals surface area contributed by atoms with E-state index in [1.165, 1.54) is 10.9 Å². The average molecular weight is 325 g/mol. The molecule has 1 unspecified atom stereocenters. The summed E-state index contributed by atoms with van der Waals surface area (Å²) in [6.45, 7) is 9.25. The van der Waals surface area contributed by atoms with Crippen LogP contribution < -0.4 is 5.32 Å². The molecule has 0 spiro atoms. The number of amides is 2. The summed E-state index contributed by atoms with van der Waals surface area (Å²) in [5, 5.41) is 4.15. The van der Waals surface area contributed by atoms with E-state index in [1.807, 2.05) is 12.1 Å². The molecule has 1 fully saturated rings. The van der Waals surface area contributed by atoms with Gasteiger partial charge >= 0.3 is 0 Å². The van der Waals surface area contributed by atoms with Crippen LogP contribution in [0.25, 0.3) is 10.9 Å². The number of carbonyl (C=O) groups excluding carboxylic acids is 2. The lowest BCUT2D eigenvalue weighted by Gasteiger charge is -2.14. The van der Waals surface area contributed by atoms with Gasteiger partial charge in [-0.1, -0.05) is 12.1 Å². The van der Waals surface area contributed by atoms with Gasteiger partial charge in [0.2, 0.25) is 11.8 Å². The number of likely N-dealkylation sites (tertiary alicyclic amines) is 1. The minimum absolute atomic E-state index is 0.0230. The van der Waals surface area contributed by atoms with Crippen LogP contribution in [0.1, 0.15) is 23.2 Å². The monoisotopic (exact) mass is 325 g/mol. The second kappa shape index (κ2) is 6.51. The fourth-order valence-corrected chi connectivity index (χ4v) is 3.23. The summed E-state index contributed by atoms with van der Waals surface area (Å²) in [4.78, 5) is 29.2. The molecule has 0 bridgehead atoms. The summed E-state index contributed by atoms with van der Waals surface area (Å²) in [6, 6.07) is 6.17. The fourth-order valence-electron chi connectivity index (χ4n) is 3.23. The Labute approximate surface area is 141 Å². The zero-order chi connectivity index (χ0) is 17.3. The van der Waals surface area contributed by atoms with E-state index >= 15 is 0 Å². The highest BCUT2D eigenvalue weighted by molar-refractivity contribution is 5.89. The van der Waals surface area contributed by atoms with Gasteiger partial charge in [-0.2, -0.15) is 0 Å². The summed E-state index contributed by atoms with van der Waals surface area (Å²) < 4.78 is 0. The molecule has 5 heteroatoms. The molecule has 126 valence electrons. The highest BCUT2D eigenvalue weighted by Gasteiger charge is 2.33. The fraction of sp³-hybridized carbons (Fsp3) is 0.368. The van der Waals surface area contributed by atoms with Crippen LogP contribution in [0.5, 0.6) is 0 Å². The second-order valence-electron chi connectivity index (χ2n) is 6.46. The van der Waals surface area contributed by atoms with Crippen molar-refractivity contribution in [2.75, 3.05) is 13.1 Å². The zero-order valence-corrected chi connectivity index (χ0v) is 14.2. The van der Waals surface area contributed by atoms with Gasteiger partial charge in [0.1, 0.15) is 0 Å². The SMILES string of the molecule is C=CCN1CC(C(=O)NCc2ccc3[nH]c(C)c(C)c3c2)CC1=O. The van der Waals surface area contributed by atoms with Gasteiger partial charge in [-0.15, -0.1) is 6.58 Å². The predicted molar refractivity (Wildman–Crippen MR) is 94.5 cm³/mol. The molecule has 24 heavy (non-hydrogen) atoms. The van der Waals surface area contributed by atoms with Crippen molar-refractivity contribution in [1.29, 1.82) is 0 Å². The number of fused-ring (bicyclic) bond motifs is 1. The van der Waals surface area contributed by atoms with Gasteiger partial charge in [-0.05, 0) is 37.1 Å². The summed E-state index contributed by atoms with van der Waals surface area (Å²) >= 11 is 0. The lowest BCUT2D eigenvalue weighted by atomic mass is 10.1. The van der Waals surface area contributed by atoms with Crippen LogP contribution in [0.2, 0.25) is 0 Å². The van der Waals surface area contributed by atoms with Crippen LogP contribution in [0.3, 0.4) is 0 Å². The molecular formula is C19H23N3O2. The number of hydrogen-bond acceptors (Lipinski definition) is 2. The molecule has 1 aromatic heterocycles. The van der Waals surface area contributed by atoms with Gasteiger partial charge in [0.15, 0.2) is 0 Å². The Hall–Kier alpha value is -2.56. The Bertz CT molecular complexity index is 806. The third-order valence-electron chi connectivity index (χ3n) is 4.77. The Morgan fingerprint density at radius 1 is 1.46 bits per heavy atom. The van der Waals surface area contributed by atoms with E-state index < -0.39 is 0 Å². The van der Waals surface area contributed by atoms with Gasteiger partial charge < -0.3 is 15.2 Å². The second-order valence-corrected chi connectivity index (χ2v) is 6.46. The van der Waals surface area contributed by atoms with Crippen molar-refractivity contribution in [2.45, 2.75) is 26.8 Å². The molecule has 3 rings (SSSR count). The number of nitrogens with zero attached hydrogens (tertiary/aromatic N) is 1. The highest BCUT2D eigenvalue weighted by Crippen LogP contribution is 2.23. The molecule has 0 aliphatic carbocycles. The Morgan fingerprint density at radius 3 is 3.00 bits per heavy atom. The molecule has 2 amide bonds. The molecular weight excluding hydrogens is 302 g/mol. The van der Waals surface area contributed by atoms with Crippen molar-refractivity contribution in [3.05, 3.63) is 47.7 Å². The lowest BCUT2D eigenvalue weighted by molar-refractivity contribution is -0.128. The molecule has 1 aromatic carbocycles. The predicted octanol–water partition coefficient (Wildman–Crippen LogP) is 2.44. The first-order valence-electron chi connectivity index (χ1n) is 8.23. The normalized spacial score (nSPS) is 17.5. The lowest BCUT2D eigenvalue weighted by Crippen LogP contribution is -2.32. The number of aryl methyl sites for hydroxylation is 2. The van der Waals surface area contributed by atoms with E-state index in [9.17, 15) is 9.59 Å². The maximum Gasteiger partial charge on any atom is 0.225 e.